The van der Waals surface area contributed by atoms with Crippen molar-refractivity contribution in [3.8, 4) is 11.5 Å². The van der Waals surface area contributed by atoms with Crippen LogP contribution in [0.4, 0.5) is 0 Å². The summed E-state index contributed by atoms with van der Waals surface area (Å²) >= 11 is 0. The van der Waals surface area contributed by atoms with Crippen molar-refractivity contribution in [2.45, 2.75) is 12.8 Å². The zero-order valence-electron chi connectivity index (χ0n) is 11.6. The van der Waals surface area contributed by atoms with E-state index in [4.69, 9.17) is 9.47 Å². The molecule has 2 aromatic carbocycles. The number of benzene rings is 2. The van der Waals surface area contributed by atoms with Gasteiger partial charge in [0.05, 0.1) is 5.56 Å². The zero-order chi connectivity index (χ0) is 15.4. The Morgan fingerprint density at radius 1 is 0.909 bits per heavy atom. The third kappa shape index (κ3) is 1.69. The number of hydrogen-bond donors (Lipinski definition) is 0. The third-order valence-corrected chi connectivity index (χ3v) is 3.91. The molecule has 0 radical (unpaired) electrons. The minimum Gasteiger partial charge on any atom is -0.425 e. The predicted molar refractivity (Wildman–Crippen MR) is 75.1 cm³/mol. The van der Waals surface area contributed by atoms with Gasteiger partial charge in [0.15, 0.2) is 0 Å². The monoisotopic (exact) mass is 294 g/mol. The molecular weight excluding hydrogens is 284 g/mol. The first-order chi connectivity index (χ1) is 10.5. The van der Waals surface area contributed by atoms with Gasteiger partial charge in [0.2, 0.25) is 0 Å². The van der Waals surface area contributed by atoms with Gasteiger partial charge in [-0.15, -0.1) is 0 Å². The van der Waals surface area contributed by atoms with Crippen molar-refractivity contribution in [3.63, 3.8) is 0 Å². The highest BCUT2D eigenvalue weighted by atomic mass is 16.6. The quantitative estimate of drug-likeness (QED) is 0.458. The molecule has 0 saturated carbocycles. The van der Waals surface area contributed by atoms with Crippen molar-refractivity contribution in [2.75, 3.05) is 0 Å². The molecule has 1 atom stereocenters. The Kier molecular flexibility index (Phi) is 2.48. The fourth-order valence-corrected chi connectivity index (χ4v) is 2.78. The van der Waals surface area contributed by atoms with E-state index in [2.05, 4.69) is 0 Å². The molecule has 2 aliphatic heterocycles. The SMILES string of the molecule is Cc1ccc(C2C(=O)Oc3cc4c(cc32)OC(=O)C4=O)cc1. The second-order valence-electron chi connectivity index (χ2n) is 5.37. The molecule has 5 heteroatoms. The van der Waals surface area contributed by atoms with E-state index >= 15 is 0 Å². The van der Waals surface area contributed by atoms with Crippen molar-refractivity contribution in [2.24, 2.45) is 0 Å². The molecule has 0 fully saturated rings. The topological polar surface area (TPSA) is 69.7 Å². The second-order valence-corrected chi connectivity index (χ2v) is 5.37. The second kappa shape index (κ2) is 4.27. The van der Waals surface area contributed by atoms with Gasteiger partial charge in [0.1, 0.15) is 17.4 Å². The minimum absolute atomic E-state index is 0.140. The van der Waals surface area contributed by atoms with E-state index in [1.54, 1.807) is 6.07 Å². The molecule has 0 aliphatic carbocycles. The van der Waals surface area contributed by atoms with Crippen LogP contribution in [0.2, 0.25) is 0 Å². The van der Waals surface area contributed by atoms with E-state index in [-0.39, 0.29) is 11.3 Å². The number of carbonyl (C=O) groups is 3. The van der Waals surface area contributed by atoms with Crippen LogP contribution >= 0.6 is 0 Å². The average Bonchev–Trinajstić information content (AvgIpc) is 2.95. The number of ketones is 1. The van der Waals surface area contributed by atoms with Crippen LogP contribution in [-0.2, 0) is 9.59 Å². The van der Waals surface area contributed by atoms with E-state index in [9.17, 15) is 14.4 Å². The first-order valence-electron chi connectivity index (χ1n) is 6.77. The predicted octanol–water partition coefficient (Wildman–Crippen LogP) is 2.15. The number of hydrogen-bond acceptors (Lipinski definition) is 5. The highest BCUT2D eigenvalue weighted by molar-refractivity contribution is 6.44. The molecule has 0 aromatic heterocycles. The number of Topliss-reactive ketones (excluding diaryl/α,β-unsaturated/α-hetero) is 1. The number of rotatable bonds is 1. The maximum atomic E-state index is 12.2. The lowest BCUT2D eigenvalue weighted by Gasteiger charge is -2.08. The van der Waals surface area contributed by atoms with Crippen molar-refractivity contribution in [1.29, 1.82) is 0 Å². The van der Waals surface area contributed by atoms with Crippen LogP contribution < -0.4 is 9.47 Å². The Hall–Kier alpha value is -2.95. The molecule has 0 spiro atoms. The summed E-state index contributed by atoms with van der Waals surface area (Å²) in [5, 5.41) is 0. The molecule has 0 saturated heterocycles. The van der Waals surface area contributed by atoms with E-state index < -0.39 is 23.6 Å². The Morgan fingerprint density at radius 2 is 1.64 bits per heavy atom. The Bertz CT molecular complexity index is 848. The van der Waals surface area contributed by atoms with Gasteiger partial charge in [-0.2, -0.15) is 0 Å². The molecular formula is C17H10O5. The van der Waals surface area contributed by atoms with Gasteiger partial charge in [-0.3, -0.25) is 9.59 Å². The maximum Gasteiger partial charge on any atom is 0.385 e. The standard InChI is InChI=1S/C17H10O5/c1-8-2-4-9(5-3-8)14-10-6-13-11(15(18)17(20)22-13)7-12(10)21-16(14)19/h2-7,14H,1H3. The van der Waals surface area contributed by atoms with Gasteiger partial charge in [-0.1, -0.05) is 29.8 Å². The third-order valence-electron chi connectivity index (χ3n) is 3.91. The van der Waals surface area contributed by atoms with Gasteiger partial charge in [0.25, 0.3) is 5.78 Å². The van der Waals surface area contributed by atoms with Crippen LogP contribution in [0.25, 0.3) is 0 Å². The van der Waals surface area contributed by atoms with E-state index in [1.165, 1.54) is 6.07 Å². The average molecular weight is 294 g/mol. The summed E-state index contributed by atoms with van der Waals surface area (Å²) < 4.78 is 10.2. The molecule has 0 amide bonds. The van der Waals surface area contributed by atoms with Gasteiger partial charge in [-0.25, -0.2) is 4.79 Å². The molecule has 0 N–H and O–H groups in total. The first kappa shape index (κ1) is 12.8. The van der Waals surface area contributed by atoms with Crippen molar-refractivity contribution in [3.05, 3.63) is 58.7 Å². The normalized spacial score (nSPS) is 18.8. The lowest BCUT2D eigenvalue weighted by atomic mass is 9.91. The van der Waals surface area contributed by atoms with Crippen LogP contribution in [0.5, 0.6) is 11.5 Å². The van der Waals surface area contributed by atoms with Crippen LogP contribution in [0.3, 0.4) is 0 Å². The molecule has 1 unspecified atom stereocenters. The molecule has 0 bridgehead atoms. The molecule has 22 heavy (non-hydrogen) atoms. The van der Waals surface area contributed by atoms with Gasteiger partial charge in [-0.05, 0) is 24.6 Å². The zero-order valence-corrected chi connectivity index (χ0v) is 11.6. The summed E-state index contributed by atoms with van der Waals surface area (Å²) in [5.41, 5.74) is 2.63. The fourth-order valence-electron chi connectivity index (χ4n) is 2.78. The van der Waals surface area contributed by atoms with Gasteiger partial charge in [0, 0.05) is 5.56 Å². The number of esters is 2. The largest absolute Gasteiger partial charge is 0.425 e. The summed E-state index contributed by atoms with van der Waals surface area (Å²) in [7, 11) is 0. The van der Waals surface area contributed by atoms with Crippen LogP contribution in [0.15, 0.2) is 36.4 Å². The highest BCUT2D eigenvalue weighted by Gasteiger charge is 2.39. The number of ether oxygens (including phenoxy) is 2. The van der Waals surface area contributed by atoms with E-state index in [0.717, 1.165) is 11.1 Å². The number of aryl methyl sites for hydroxylation is 1. The summed E-state index contributed by atoms with van der Waals surface area (Å²) in [4.78, 5) is 35.2. The van der Waals surface area contributed by atoms with E-state index in [1.807, 2.05) is 31.2 Å². The fraction of sp³-hybridized carbons (Fsp3) is 0.118. The number of fused-ring (bicyclic) bond motifs is 2. The molecule has 2 aliphatic rings. The Morgan fingerprint density at radius 3 is 2.36 bits per heavy atom. The maximum absolute atomic E-state index is 12.2. The highest BCUT2D eigenvalue weighted by Crippen LogP contribution is 2.44. The first-order valence-corrected chi connectivity index (χ1v) is 6.77. The Balaban J connectivity index is 1.85. The van der Waals surface area contributed by atoms with Crippen LogP contribution in [-0.4, -0.2) is 17.7 Å². The molecule has 4 rings (SSSR count). The molecule has 2 aromatic rings. The smallest absolute Gasteiger partial charge is 0.385 e. The van der Waals surface area contributed by atoms with Crippen LogP contribution in [0, 0.1) is 6.92 Å². The molecule has 108 valence electrons. The van der Waals surface area contributed by atoms with Crippen LogP contribution in [0.1, 0.15) is 33.0 Å². The van der Waals surface area contributed by atoms with Gasteiger partial charge >= 0.3 is 11.9 Å². The minimum atomic E-state index is -0.906. The number of carbonyl (C=O) groups excluding carboxylic acids is 3. The van der Waals surface area contributed by atoms with E-state index in [0.29, 0.717) is 11.3 Å². The summed E-state index contributed by atoms with van der Waals surface area (Å²) in [6, 6.07) is 10.5. The van der Waals surface area contributed by atoms with Crippen molar-refractivity contribution >= 4 is 17.7 Å². The summed E-state index contributed by atoms with van der Waals surface area (Å²) in [6.45, 7) is 1.96. The van der Waals surface area contributed by atoms with Crippen molar-refractivity contribution in [1.82, 2.24) is 0 Å². The molecule has 5 nitrogen and oxygen atoms in total. The Labute approximate surface area is 125 Å². The van der Waals surface area contributed by atoms with Crippen molar-refractivity contribution < 1.29 is 23.9 Å². The molecule has 2 heterocycles. The summed E-state index contributed by atoms with van der Waals surface area (Å²) in [5.74, 6) is -2.11. The lowest BCUT2D eigenvalue weighted by molar-refractivity contribution is -0.133. The lowest BCUT2D eigenvalue weighted by Crippen LogP contribution is -2.12. The van der Waals surface area contributed by atoms with Gasteiger partial charge < -0.3 is 9.47 Å². The summed E-state index contributed by atoms with van der Waals surface area (Å²) in [6.07, 6.45) is 0.